The fraction of sp³-hybridized carbons (Fsp3) is 0.538. The number of phenols is 1. The molecule has 0 spiro atoms. The van der Waals surface area contributed by atoms with Gasteiger partial charge in [0.15, 0.2) is 0 Å². The lowest BCUT2D eigenvalue weighted by atomic mass is 9.70. The van der Waals surface area contributed by atoms with E-state index in [0.717, 1.165) is 23.1 Å². The third kappa shape index (κ3) is 2.58. The molecule has 0 aromatic heterocycles. The van der Waals surface area contributed by atoms with Crippen LogP contribution in [0.5, 0.6) is 5.75 Å². The van der Waals surface area contributed by atoms with E-state index in [2.05, 4.69) is 28.2 Å². The molecule has 2 N–H and O–H groups in total. The van der Waals surface area contributed by atoms with Crippen LogP contribution in [0.2, 0.25) is 0 Å². The van der Waals surface area contributed by atoms with Crippen LogP contribution in [0.25, 0.3) is 0 Å². The number of halogens is 1. The number of hydrogen-bond acceptors (Lipinski definition) is 2. The Hall–Kier alpha value is -0.540. The second-order valence-electron chi connectivity index (χ2n) is 5.02. The van der Waals surface area contributed by atoms with E-state index in [1.54, 1.807) is 0 Å². The molecule has 0 unspecified atom stereocenters. The van der Waals surface area contributed by atoms with E-state index in [9.17, 15) is 5.11 Å². The quantitative estimate of drug-likeness (QED) is 0.887. The molecule has 0 heterocycles. The van der Waals surface area contributed by atoms with Gasteiger partial charge in [0.25, 0.3) is 0 Å². The first kappa shape index (κ1) is 11.9. The maximum atomic E-state index is 9.81. The molecule has 1 fully saturated rings. The Kier molecular flexibility index (Phi) is 3.55. The van der Waals surface area contributed by atoms with Crippen molar-refractivity contribution in [2.45, 2.75) is 32.7 Å². The lowest BCUT2D eigenvalue weighted by molar-refractivity contribution is 0.156. The zero-order valence-electron chi connectivity index (χ0n) is 9.59. The van der Waals surface area contributed by atoms with Crippen molar-refractivity contribution in [3.05, 3.63) is 28.2 Å². The molecule has 88 valence electrons. The average Bonchev–Trinajstić information content (AvgIpc) is 2.22. The Morgan fingerprint density at radius 2 is 2.19 bits per heavy atom. The highest BCUT2D eigenvalue weighted by molar-refractivity contribution is 9.10. The lowest BCUT2D eigenvalue weighted by Crippen LogP contribution is -2.36. The van der Waals surface area contributed by atoms with Crippen LogP contribution in [-0.2, 0) is 6.54 Å². The van der Waals surface area contributed by atoms with E-state index in [4.69, 9.17) is 0 Å². The number of phenolic OH excluding ortho intramolecular Hbond substituents is 1. The number of para-hydroxylation sites is 1. The molecule has 1 saturated carbocycles. The van der Waals surface area contributed by atoms with Crippen molar-refractivity contribution in [1.82, 2.24) is 5.32 Å². The van der Waals surface area contributed by atoms with Gasteiger partial charge in [0.05, 0.1) is 4.47 Å². The number of benzene rings is 1. The number of nitrogens with one attached hydrogen (secondary N) is 1. The van der Waals surface area contributed by atoms with Crippen LogP contribution < -0.4 is 5.32 Å². The summed E-state index contributed by atoms with van der Waals surface area (Å²) in [6, 6.07) is 5.76. The summed E-state index contributed by atoms with van der Waals surface area (Å²) in [5, 5.41) is 13.2. The Labute approximate surface area is 105 Å². The second-order valence-corrected chi connectivity index (χ2v) is 5.87. The molecule has 0 bridgehead atoms. The lowest BCUT2D eigenvalue weighted by Gasteiger charge is -2.38. The molecule has 0 amide bonds. The molecule has 0 radical (unpaired) electrons. The van der Waals surface area contributed by atoms with Gasteiger partial charge in [0.2, 0.25) is 0 Å². The topological polar surface area (TPSA) is 32.3 Å². The van der Waals surface area contributed by atoms with Crippen molar-refractivity contribution in [3.63, 3.8) is 0 Å². The molecule has 2 nitrogen and oxygen atoms in total. The van der Waals surface area contributed by atoms with Gasteiger partial charge < -0.3 is 10.4 Å². The molecule has 0 aliphatic heterocycles. The fourth-order valence-electron chi connectivity index (χ4n) is 2.16. The summed E-state index contributed by atoms with van der Waals surface area (Å²) in [6.45, 7) is 4.10. The van der Waals surface area contributed by atoms with Crippen molar-refractivity contribution < 1.29 is 5.11 Å². The Bertz CT molecular complexity index is 374. The van der Waals surface area contributed by atoms with E-state index in [1.165, 1.54) is 19.3 Å². The largest absolute Gasteiger partial charge is 0.506 e. The third-order valence-electron chi connectivity index (χ3n) is 3.50. The van der Waals surface area contributed by atoms with Crippen LogP contribution in [0.15, 0.2) is 22.7 Å². The van der Waals surface area contributed by atoms with E-state index in [-0.39, 0.29) is 0 Å². The Morgan fingerprint density at radius 1 is 1.44 bits per heavy atom. The highest BCUT2D eigenvalue weighted by Gasteiger charge is 2.30. The van der Waals surface area contributed by atoms with Gasteiger partial charge in [0, 0.05) is 18.7 Å². The zero-order valence-corrected chi connectivity index (χ0v) is 11.2. The Balaban J connectivity index is 1.87. The average molecular weight is 284 g/mol. The van der Waals surface area contributed by atoms with Crippen molar-refractivity contribution >= 4 is 15.9 Å². The van der Waals surface area contributed by atoms with Gasteiger partial charge in [-0.25, -0.2) is 0 Å². The molecule has 2 rings (SSSR count). The first-order chi connectivity index (χ1) is 7.61. The van der Waals surface area contributed by atoms with Crippen LogP contribution >= 0.6 is 15.9 Å². The van der Waals surface area contributed by atoms with Crippen LogP contribution in [-0.4, -0.2) is 11.7 Å². The summed E-state index contributed by atoms with van der Waals surface area (Å²) in [6.07, 6.45) is 4.01. The van der Waals surface area contributed by atoms with Gasteiger partial charge in [-0.05, 0) is 40.3 Å². The summed E-state index contributed by atoms with van der Waals surface area (Å²) in [5.74, 6) is 0.355. The van der Waals surface area contributed by atoms with Crippen molar-refractivity contribution in [3.8, 4) is 5.75 Å². The van der Waals surface area contributed by atoms with Gasteiger partial charge in [-0.2, -0.15) is 0 Å². The van der Waals surface area contributed by atoms with E-state index >= 15 is 0 Å². The van der Waals surface area contributed by atoms with Crippen LogP contribution in [0.1, 0.15) is 31.7 Å². The molecule has 3 heteroatoms. The predicted octanol–water partition coefficient (Wildman–Crippen LogP) is 3.43. The highest BCUT2D eigenvalue weighted by atomic mass is 79.9. The van der Waals surface area contributed by atoms with Gasteiger partial charge in [-0.3, -0.25) is 0 Å². The Morgan fingerprint density at radius 3 is 2.81 bits per heavy atom. The van der Waals surface area contributed by atoms with Crippen LogP contribution in [0, 0.1) is 5.41 Å². The first-order valence-electron chi connectivity index (χ1n) is 5.78. The number of hydrogen-bond donors (Lipinski definition) is 2. The van der Waals surface area contributed by atoms with Gasteiger partial charge in [-0.1, -0.05) is 25.5 Å². The van der Waals surface area contributed by atoms with Crippen molar-refractivity contribution in [1.29, 1.82) is 0 Å². The monoisotopic (exact) mass is 283 g/mol. The maximum absolute atomic E-state index is 9.81. The minimum Gasteiger partial charge on any atom is -0.506 e. The van der Waals surface area contributed by atoms with Gasteiger partial charge >= 0.3 is 0 Å². The minimum atomic E-state index is 0.355. The standard InChI is InChI=1S/C13H18BrNO/c1-13(6-3-7-13)9-15-8-10-4-2-5-11(14)12(10)16/h2,4-5,15-16H,3,6-9H2,1H3. The molecule has 16 heavy (non-hydrogen) atoms. The molecular weight excluding hydrogens is 266 g/mol. The van der Waals surface area contributed by atoms with Crippen molar-refractivity contribution in [2.24, 2.45) is 5.41 Å². The van der Waals surface area contributed by atoms with E-state index < -0.39 is 0 Å². The molecule has 0 atom stereocenters. The van der Waals surface area contributed by atoms with E-state index in [1.807, 2.05) is 18.2 Å². The SMILES string of the molecule is CC1(CNCc2cccc(Br)c2O)CCC1. The van der Waals surface area contributed by atoms with Crippen LogP contribution in [0.4, 0.5) is 0 Å². The molecule has 1 aromatic carbocycles. The smallest absolute Gasteiger partial charge is 0.134 e. The number of aromatic hydroxyl groups is 1. The molecular formula is C13H18BrNO. The first-order valence-corrected chi connectivity index (χ1v) is 6.57. The van der Waals surface area contributed by atoms with E-state index in [0.29, 0.717) is 11.2 Å². The molecule has 1 aliphatic carbocycles. The normalized spacial score (nSPS) is 18.1. The van der Waals surface area contributed by atoms with Gasteiger partial charge in [0.1, 0.15) is 5.75 Å². The molecule has 1 aliphatic rings. The molecule has 1 aromatic rings. The summed E-state index contributed by atoms with van der Waals surface area (Å²) < 4.78 is 0.765. The summed E-state index contributed by atoms with van der Waals surface area (Å²) in [7, 11) is 0. The summed E-state index contributed by atoms with van der Waals surface area (Å²) >= 11 is 3.32. The fourth-order valence-corrected chi connectivity index (χ4v) is 2.57. The zero-order chi connectivity index (χ0) is 11.6. The summed E-state index contributed by atoms with van der Waals surface area (Å²) in [5.41, 5.74) is 1.44. The van der Waals surface area contributed by atoms with Crippen molar-refractivity contribution in [2.75, 3.05) is 6.54 Å². The summed E-state index contributed by atoms with van der Waals surface area (Å²) in [4.78, 5) is 0. The van der Waals surface area contributed by atoms with Crippen LogP contribution in [0.3, 0.4) is 0 Å². The minimum absolute atomic E-state index is 0.355. The third-order valence-corrected chi connectivity index (χ3v) is 4.14. The maximum Gasteiger partial charge on any atom is 0.134 e. The number of rotatable bonds is 4. The second kappa shape index (κ2) is 4.76. The highest BCUT2D eigenvalue weighted by Crippen LogP contribution is 2.39. The predicted molar refractivity (Wildman–Crippen MR) is 69.5 cm³/mol. The van der Waals surface area contributed by atoms with Gasteiger partial charge in [-0.15, -0.1) is 0 Å². The molecule has 0 saturated heterocycles.